The molecule has 0 bridgehead atoms. The third kappa shape index (κ3) is 3.48. The summed E-state index contributed by atoms with van der Waals surface area (Å²) in [6.45, 7) is 4.79. The minimum absolute atomic E-state index is 0.209. The molecule has 0 unspecified atom stereocenters. The molecule has 0 aliphatic heterocycles. The van der Waals surface area contributed by atoms with Gasteiger partial charge in [-0.25, -0.2) is 12.8 Å². The number of nitro benzene ring substituents is 1. The van der Waals surface area contributed by atoms with E-state index >= 15 is 0 Å². The Morgan fingerprint density at radius 2 is 1.78 bits per heavy atom. The van der Waals surface area contributed by atoms with Crippen molar-refractivity contribution in [2.75, 3.05) is 4.72 Å². The zero-order valence-electron chi connectivity index (χ0n) is 12.8. The molecule has 0 saturated carbocycles. The molecule has 2 aromatic rings. The monoisotopic (exact) mass is 338 g/mol. The van der Waals surface area contributed by atoms with E-state index in [1.165, 1.54) is 18.2 Å². The van der Waals surface area contributed by atoms with Crippen LogP contribution >= 0.6 is 0 Å². The van der Waals surface area contributed by atoms with Crippen LogP contribution in [0.4, 0.5) is 15.8 Å². The van der Waals surface area contributed by atoms with Crippen molar-refractivity contribution in [3.05, 3.63) is 63.0 Å². The van der Waals surface area contributed by atoms with E-state index in [1.807, 2.05) is 0 Å². The van der Waals surface area contributed by atoms with E-state index in [2.05, 4.69) is 4.72 Å². The third-order valence-electron chi connectivity index (χ3n) is 3.47. The number of rotatable bonds is 4. The van der Waals surface area contributed by atoms with Crippen molar-refractivity contribution in [1.29, 1.82) is 0 Å². The normalized spacial score (nSPS) is 11.3. The Labute approximate surface area is 133 Å². The van der Waals surface area contributed by atoms with E-state index in [-0.39, 0.29) is 16.3 Å². The smallest absolute Gasteiger partial charge is 0.271 e. The van der Waals surface area contributed by atoms with Crippen molar-refractivity contribution in [1.82, 2.24) is 0 Å². The zero-order valence-corrected chi connectivity index (χ0v) is 13.6. The summed E-state index contributed by atoms with van der Waals surface area (Å²) in [5.41, 5.74) is 0.935. The van der Waals surface area contributed by atoms with Gasteiger partial charge in [-0.2, -0.15) is 0 Å². The van der Waals surface area contributed by atoms with Crippen molar-refractivity contribution in [2.24, 2.45) is 0 Å². The molecule has 0 atom stereocenters. The van der Waals surface area contributed by atoms with E-state index in [4.69, 9.17) is 0 Å². The number of sulfonamides is 1. The average molecular weight is 338 g/mol. The first kappa shape index (κ1) is 16.9. The van der Waals surface area contributed by atoms with Crippen LogP contribution in [0.1, 0.15) is 16.7 Å². The number of hydrogen-bond donors (Lipinski definition) is 1. The number of benzene rings is 2. The zero-order chi connectivity index (χ0) is 17.4. The Morgan fingerprint density at radius 3 is 2.35 bits per heavy atom. The fourth-order valence-electron chi connectivity index (χ4n) is 2.10. The Kier molecular flexibility index (Phi) is 4.37. The molecule has 2 rings (SSSR count). The molecule has 0 amide bonds. The largest absolute Gasteiger partial charge is 0.277 e. The van der Waals surface area contributed by atoms with E-state index in [9.17, 15) is 22.9 Å². The lowest BCUT2D eigenvalue weighted by atomic mass is 10.1. The highest BCUT2D eigenvalue weighted by Gasteiger charge is 2.23. The summed E-state index contributed by atoms with van der Waals surface area (Å²) in [5, 5.41) is 10.9. The van der Waals surface area contributed by atoms with Gasteiger partial charge in [0.1, 0.15) is 5.82 Å². The van der Waals surface area contributed by atoms with Gasteiger partial charge in [0.2, 0.25) is 0 Å². The molecule has 0 aliphatic rings. The first-order valence-corrected chi connectivity index (χ1v) is 8.15. The third-order valence-corrected chi connectivity index (χ3v) is 4.97. The van der Waals surface area contributed by atoms with Gasteiger partial charge in [-0.3, -0.25) is 14.8 Å². The quantitative estimate of drug-likeness (QED) is 0.683. The first-order valence-electron chi connectivity index (χ1n) is 6.66. The molecule has 23 heavy (non-hydrogen) atoms. The Balaban J connectivity index is 2.53. The molecule has 0 heterocycles. The van der Waals surface area contributed by atoms with Crippen LogP contribution in [0.15, 0.2) is 35.2 Å². The molecule has 0 fully saturated rings. The predicted molar refractivity (Wildman–Crippen MR) is 84.5 cm³/mol. The van der Waals surface area contributed by atoms with Gasteiger partial charge in [0.25, 0.3) is 15.7 Å². The molecule has 1 N–H and O–H groups in total. The molecule has 0 radical (unpaired) electrons. The van der Waals surface area contributed by atoms with Crippen LogP contribution in [0.25, 0.3) is 0 Å². The minimum Gasteiger partial charge on any atom is -0.277 e. The summed E-state index contributed by atoms with van der Waals surface area (Å²) in [6.07, 6.45) is 0. The van der Waals surface area contributed by atoms with Crippen LogP contribution < -0.4 is 4.72 Å². The summed E-state index contributed by atoms with van der Waals surface area (Å²) in [6, 6.07) is 6.33. The summed E-state index contributed by atoms with van der Waals surface area (Å²) >= 11 is 0. The summed E-state index contributed by atoms with van der Waals surface area (Å²) in [4.78, 5) is 10.0. The van der Waals surface area contributed by atoms with E-state index < -0.39 is 20.8 Å². The maximum Gasteiger partial charge on any atom is 0.271 e. The van der Waals surface area contributed by atoms with Gasteiger partial charge >= 0.3 is 0 Å². The van der Waals surface area contributed by atoms with Crippen molar-refractivity contribution < 1.29 is 17.7 Å². The fraction of sp³-hybridized carbons (Fsp3) is 0.200. The van der Waals surface area contributed by atoms with Crippen LogP contribution in [-0.4, -0.2) is 13.3 Å². The number of hydrogen-bond acceptors (Lipinski definition) is 4. The maximum atomic E-state index is 13.8. The first-order chi connectivity index (χ1) is 10.6. The molecule has 8 heteroatoms. The van der Waals surface area contributed by atoms with Crippen LogP contribution in [0.3, 0.4) is 0 Å². The Morgan fingerprint density at radius 1 is 1.13 bits per heavy atom. The number of aryl methyl sites for hydroxylation is 2. The Bertz CT molecular complexity index is 895. The van der Waals surface area contributed by atoms with Gasteiger partial charge in [0, 0.05) is 12.1 Å². The summed E-state index contributed by atoms with van der Waals surface area (Å²) in [7, 11) is -4.15. The van der Waals surface area contributed by atoms with Gasteiger partial charge < -0.3 is 0 Å². The highest BCUT2D eigenvalue weighted by molar-refractivity contribution is 7.92. The number of non-ortho nitro benzene ring substituents is 1. The van der Waals surface area contributed by atoms with E-state index in [1.54, 1.807) is 26.8 Å². The lowest BCUT2D eigenvalue weighted by Gasteiger charge is -2.13. The van der Waals surface area contributed by atoms with Crippen molar-refractivity contribution in [2.45, 2.75) is 25.7 Å². The summed E-state index contributed by atoms with van der Waals surface area (Å²) < 4.78 is 41.0. The summed E-state index contributed by atoms with van der Waals surface area (Å²) in [5.74, 6) is -0.714. The van der Waals surface area contributed by atoms with E-state index in [0.29, 0.717) is 16.7 Å². The molecule has 6 nitrogen and oxygen atoms in total. The second-order valence-corrected chi connectivity index (χ2v) is 6.88. The average Bonchev–Trinajstić information content (AvgIpc) is 2.44. The number of nitrogens with zero attached hydrogens (tertiary/aromatic N) is 1. The van der Waals surface area contributed by atoms with Gasteiger partial charge in [-0.05, 0) is 49.6 Å². The molecular weight excluding hydrogens is 323 g/mol. The minimum atomic E-state index is -4.15. The van der Waals surface area contributed by atoms with Crippen molar-refractivity contribution >= 4 is 21.4 Å². The standard InChI is InChI=1S/C15H15FN2O4S/c1-9-4-5-14(13(16)6-9)17-23(21,22)15-8-12(18(19)20)7-10(2)11(15)3/h4-8,17H,1-3H3. The molecule has 2 aromatic carbocycles. The van der Waals surface area contributed by atoms with Gasteiger partial charge in [0.15, 0.2) is 0 Å². The fourth-order valence-corrected chi connectivity index (χ4v) is 3.50. The highest BCUT2D eigenvalue weighted by Crippen LogP contribution is 2.27. The van der Waals surface area contributed by atoms with Gasteiger partial charge in [0.05, 0.1) is 15.5 Å². The second-order valence-electron chi connectivity index (χ2n) is 5.23. The molecular formula is C15H15FN2O4S. The molecule has 0 aliphatic carbocycles. The molecule has 0 spiro atoms. The number of anilines is 1. The lowest BCUT2D eigenvalue weighted by Crippen LogP contribution is -2.16. The Hall–Kier alpha value is -2.48. The number of nitrogens with one attached hydrogen (secondary N) is 1. The van der Waals surface area contributed by atoms with Crippen LogP contribution in [-0.2, 0) is 10.0 Å². The van der Waals surface area contributed by atoms with Crippen molar-refractivity contribution in [3.8, 4) is 0 Å². The van der Waals surface area contributed by atoms with E-state index in [0.717, 1.165) is 6.07 Å². The maximum absolute atomic E-state index is 13.8. The highest BCUT2D eigenvalue weighted by atomic mass is 32.2. The molecule has 0 saturated heterocycles. The predicted octanol–water partition coefficient (Wildman–Crippen LogP) is 3.46. The topological polar surface area (TPSA) is 89.3 Å². The molecule has 122 valence electrons. The van der Waals surface area contributed by atoms with Crippen LogP contribution in [0.5, 0.6) is 0 Å². The number of halogens is 1. The SMILES string of the molecule is Cc1ccc(NS(=O)(=O)c2cc([N+](=O)[O-])cc(C)c2C)c(F)c1. The van der Waals surface area contributed by atoms with Crippen LogP contribution in [0, 0.1) is 36.7 Å². The number of nitro groups is 1. The van der Waals surface area contributed by atoms with Crippen LogP contribution in [0.2, 0.25) is 0 Å². The van der Waals surface area contributed by atoms with Gasteiger partial charge in [-0.1, -0.05) is 6.07 Å². The molecule has 0 aromatic heterocycles. The second kappa shape index (κ2) is 5.96. The van der Waals surface area contributed by atoms with Gasteiger partial charge in [-0.15, -0.1) is 0 Å². The van der Waals surface area contributed by atoms with Crippen molar-refractivity contribution in [3.63, 3.8) is 0 Å². The lowest BCUT2D eigenvalue weighted by molar-refractivity contribution is -0.385.